The van der Waals surface area contributed by atoms with Crippen molar-refractivity contribution in [2.75, 3.05) is 17.6 Å². The molecule has 0 aromatic heterocycles. The van der Waals surface area contributed by atoms with Gasteiger partial charge in [-0.05, 0) is 41.4 Å². The van der Waals surface area contributed by atoms with Crippen molar-refractivity contribution < 1.29 is 21.9 Å². The van der Waals surface area contributed by atoms with Gasteiger partial charge in [-0.15, -0.1) is 11.8 Å². The number of thioether (sulfide) groups is 1. The summed E-state index contributed by atoms with van der Waals surface area (Å²) in [6.45, 7) is 0.322. The van der Waals surface area contributed by atoms with Crippen molar-refractivity contribution in [2.45, 2.75) is 16.0 Å². The summed E-state index contributed by atoms with van der Waals surface area (Å²) in [4.78, 5) is 0.643. The molecular formula is C15H13F3NO2S2-. The highest BCUT2D eigenvalue weighted by Gasteiger charge is 2.33. The number of halogens is 3. The minimum Gasteiger partial charge on any atom is -0.768 e. The highest BCUT2D eigenvalue weighted by atomic mass is 32.2. The van der Waals surface area contributed by atoms with E-state index in [1.165, 1.54) is 11.8 Å². The predicted octanol–water partition coefficient (Wildman–Crippen LogP) is 4.15. The first-order valence-electron chi connectivity index (χ1n) is 6.60. The molecule has 0 radical (unpaired) electrons. The Bertz CT molecular complexity index is 678. The number of benzene rings is 2. The van der Waals surface area contributed by atoms with Gasteiger partial charge in [0.15, 0.2) is 0 Å². The first-order valence-corrected chi connectivity index (χ1v) is 8.66. The van der Waals surface area contributed by atoms with Crippen LogP contribution in [0, 0.1) is 0 Å². The number of hydrogen-bond donors (Lipinski definition) is 1. The van der Waals surface area contributed by atoms with Crippen LogP contribution in [0.5, 0.6) is 0 Å². The molecule has 0 saturated carbocycles. The van der Waals surface area contributed by atoms with Gasteiger partial charge in [-0.25, -0.2) is 0 Å². The molecule has 0 saturated heterocycles. The fourth-order valence-corrected chi connectivity index (χ4v) is 3.07. The molecule has 2 rings (SSSR count). The van der Waals surface area contributed by atoms with Gasteiger partial charge in [-0.3, -0.25) is 4.21 Å². The molecule has 0 aliphatic rings. The van der Waals surface area contributed by atoms with Crippen LogP contribution in [0.15, 0.2) is 58.3 Å². The van der Waals surface area contributed by atoms with Gasteiger partial charge in [-0.2, -0.15) is 13.2 Å². The molecule has 2 aromatic rings. The van der Waals surface area contributed by atoms with E-state index in [2.05, 4.69) is 5.32 Å². The molecule has 0 aliphatic heterocycles. The van der Waals surface area contributed by atoms with Gasteiger partial charge in [0, 0.05) is 27.8 Å². The lowest BCUT2D eigenvalue weighted by atomic mass is 10.1. The number of hydrogen-bond acceptors (Lipinski definition) is 4. The lowest BCUT2D eigenvalue weighted by Crippen LogP contribution is -2.13. The van der Waals surface area contributed by atoms with Crippen LogP contribution in [0.2, 0.25) is 0 Å². The van der Waals surface area contributed by atoms with Gasteiger partial charge in [0.05, 0.1) is 5.56 Å². The SMILES string of the molecule is O=S([O-])c1ccc(NCCSc2ccccc2)c(C(F)(F)F)c1. The summed E-state index contributed by atoms with van der Waals surface area (Å²) in [5, 5.41) is 2.71. The zero-order valence-corrected chi connectivity index (χ0v) is 13.4. The molecule has 0 fully saturated rings. The van der Waals surface area contributed by atoms with Crippen molar-refractivity contribution in [1.29, 1.82) is 0 Å². The Morgan fingerprint density at radius 3 is 2.43 bits per heavy atom. The first kappa shape index (κ1) is 17.8. The summed E-state index contributed by atoms with van der Waals surface area (Å²) in [6, 6.07) is 12.4. The molecule has 0 aliphatic carbocycles. The Morgan fingerprint density at radius 1 is 1.13 bits per heavy atom. The molecule has 124 valence electrons. The number of alkyl halides is 3. The van der Waals surface area contributed by atoms with Crippen molar-refractivity contribution in [2.24, 2.45) is 0 Å². The lowest BCUT2D eigenvalue weighted by molar-refractivity contribution is -0.137. The van der Waals surface area contributed by atoms with E-state index in [4.69, 9.17) is 0 Å². The first-order chi connectivity index (χ1) is 10.9. The second-order valence-electron chi connectivity index (χ2n) is 4.53. The summed E-state index contributed by atoms with van der Waals surface area (Å²) < 4.78 is 60.7. The van der Waals surface area contributed by atoms with E-state index in [-0.39, 0.29) is 10.6 Å². The highest BCUT2D eigenvalue weighted by Crippen LogP contribution is 2.36. The van der Waals surface area contributed by atoms with Crippen LogP contribution in [-0.4, -0.2) is 21.1 Å². The van der Waals surface area contributed by atoms with E-state index in [9.17, 15) is 21.9 Å². The van der Waals surface area contributed by atoms with Crippen LogP contribution >= 0.6 is 11.8 Å². The molecule has 8 heteroatoms. The molecule has 0 heterocycles. The van der Waals surface area contributed by atoms with Crippen LogP contribution in [0.4, 0.5) is 18.9 Å². The smallest absolute Gasteiger partial charge is 0.418 e. The number of rotatable bonds is 6. The summed E-state index contributed by atoms with van der Waals surface area (Å²) in [6.07, 6.45) is -4.62. The molecule has 1 N–H and O–H groups in total. The van der Waals surface area contributed by atoms with Crippen molar-refractivity contribution in [3.63, 3.8) is 0 Å². The minimum atomic E-state index is -4.62. The van der Waals surface area contributed by atoms with Gasteiger partial charge in [0.1, 0.15) is 0 Å². The van der Waals surface area contributed by atoms with E-state index in [1.807, 2.05) is 30.3 Å². The Labute approximate surface area is 138 Å². The van der Waals surface area contributed by atoms with Crippen molar-refractivity contribution in [3.8, 4) is 0 Å². The molecule has 0 bridgehead atoms. The van der Waals surface area contributed by atoms with Gasteiger partial charge in [0.2, 0.25) is 0 Å². The molecule has 3 nitrogen and oxygen atoms in total. The molecule has 2 aromatic carbocycles. The van der Waals surface area contributed by atoms with Crippen molar-refractivity contribution in [3.05, 3.63) is 54.1 Å². The monoisotopic (exact) mass is 360 g/mol. The molecule has 1 unspecified atom stereocenters. The fraction of sp³-hybridized carbons (Fsp3) is 0.200. The lowest BCUT2D eigenvalue weighted by Gasteiger charge is -2.16. The van der Waals surface area contributed by atoms with Gasteiger partial charge in [0.25, 0.3) is 0 Å². The van der Waals surface area contributed by atoms with Crippen molar-refractivity contribution >= 4 is 28.5 Å². The van der Waals surface area contributed by atoms with Crippen molar-refractivity contribution in [1.82, 2.24) is 0 Å². The molecule has 0 spiro atoms. The Morgan fingerprint density at radius 2 is 1.83 bits per heavy atom. The maximum Gasteiger partial charge on any atom is 0.418 e. The molecule has 0 amide bonds. The zero-order chi connectivity index (χ0) is 16.9. The van der Waals surface area contributed by atoms with E-state index >= 15 is 0 Å². The predicted molar refractivity (Wildman–Crippen MR) is 84.3 cm³/mol. The minimum absolute atomic E-state index is 0.125. The molecule has 1 atom stereocenters. The Kier molecular flexibility index (Phi) is 6.09. The third kappa shape index (κ3) is 5.26. The zero-order valence-electron chi connectivity index (χ0n) is 11.8. The third-order valence-electron chi connectivity index (χ3n) is 2.92. The quantitative estimate of drug-likeness (QED) is 0.478. The Balaban J connectivity index is 2.03. The number of anilines is 1. The summed E-state index contributed by atoms with van der Waals surface area (Å²) in [5.74, 6) is 0.580. The third-order valence-corrected chi connectivity index (χ3v) is 4.57. The van der Waals surface area contributed by atoms with Crippen LogP contribution in [0.3, 0.4) is 0 Å². The average Bonchev–Trinajstić information content (AvgIpc) is 2.51. The maximum atomic E-state index is 13.0. The Hall–Kier alpha value is -1.51. The van der Waals surface area contributed by atoms with Crippen LogP contribution < -0.4 is 5.32 Å². The summed E-state index contributed by atoms with van der Waals surface area (Å²) in [5.41, 5.74) is -1.11. The number of nitrogens with one attached hydrogen (secondary N) is 1. The van der Waals surface area contributed by atoms with Crippen LogP contribution in [0.25, 0.3) is 0 Å². The van der Waals surface area contributed by atoms with Gasteiger partial charge in [-0.1, -0.05) is 18.2 Å². The van der Waals surface area contributed by atoms with E-state index in [0.717, 1.165) is 17.0 Å². The fourth-order valence-electron chi connectivity index (χ4n) is 1.89. The second-order valence-corrected chi connectivity index (χ2v) is 6.64. The highest BCUT2D eigenvalue weighted by molar-refractivity contribution is 7.99. The van der Waals surface area contributed by atoms with Gasteiger partial charge < -0.3 is 9.87 Å². The van der Waals surface area contributed by atoms with Crippen LogP contribution in [-0.2, 0) is 17.3 Å². The molecular weight excluding hydrogens is 347 g/mol. The largest absolute Gasteiger partial charge is 0.768 e. The van der Waals surface area contributed by atoms with E-state index in [1.54, 1.807) is 0 Å². The standard InChI is InChI=1S/C15H14F3NO2S2/c16-15(17,18)13-10-12(23(20)21)6-7-14(13)19-8-9-22-11-4-2-1-3-5-11/h1-7,10,19H,8-9H2,(H,20,21)/p-1. The normalized spacial score (nSPS) is 12.9. The van der Waals surface area contributed by atoms with Crippen LogP contribution in [0.1, 0.15) is 5.56 Å². The molecule has 23 heavy (non-hydrogen) atoms. The average molecular weight is 360 g/mol. The van der Waals surface area contributed by atoms with E-state index in [0.29, 0.717) is 18.4 Å². The summed E-state index contributed by atoms with van der Waals surface area (Å²) >= 11 is -1.18. The second kappa shape index (κ2) is 7.85. The van der Waals surface area contributed by atoms with Gasteiger partial charge >= 0.3 is 6.18 Å². The summed E-state index contributed by atoms with van der Waals surface area (Å²) in [7, 11) is 0. The topological polar surface area (TPSA) is 52.2 Å². The maximum absolute atomic E-state index is 13.0. The van der Waals surface area contributed by atoms with E-state index < -0.39 is 22.8 Å².